The fraction of sp³-hybridized carbons (Fsp3) is 1.00. The van der Waals surface area contributed by atoms with Gasteiger partial charge in [0, 0.05) is 39.6 Å². The predicted octanol–water partition coefficient (Wildman–Crippen LogP) is 4.50. The second kappa shape index (κ2) is 16.7. The second-order valence-corrected chi connectivity index (χ2v) is 6.74. The summed E-state index contributed by atoms with van der Waals surface area (Å²) in [6.45, 7) is 12.0. The molecule has 1 fully saturated rings. The standard InChI is InChI=1S/C21H42O6/c1-5-22-20(23-6-2)18(21(24-7-3)25-8-4)14-10-9-12-16-26-19-15-11-13-17-27-19/h18-21H,5-17H2,1-4H3. The van der Waals surface area contributed by atoms with E-state index in [-0.39, 0.29) is 24.8 Å². The number of hydrogen-bond acceptors (Lipinski definition) is 6. The molecule has 0 aliphatic carbocycles. The second-order valence-electron chi connectivity index (χ2n) is 6.74. The first-order valence-electron chi connectivity index (χ1n) is 11.0. The summed E-state index contributed by atoms with van der Waals surface area (Å²) in [5, 5.41) is 0. The van der Waals surface area contributed by atoms with Crippen LogP contribution in [0.3, 0.4) is 0 Å². The Kier molecular flexibility index (Phi) is 15.3. The molecule has 0 aromatic carbocycles. The van der Waals surface area contributed by atoms with E-state index in [1.54, 1.807) is 0 Å². The van der Waals surface area contributed by atoms with Gasteiger partial charge >= 0.3 is 0 Å². The van der Waals surface area contributed by atoms with Crippen LogP contribution in [0.15, 0.2) is 0 Å². The highest BCUT2D eigenvalue weighted by molar-refractivity contribution is 4.69. The van der Waals surface area contributed by atoms with Gasteiger partial charge in [-0.15, -0.1) is 0 Å². The Hall–Kier alpha value is -0.240. The van der Waals surface area contributed by atoms with Crippen molar-refractivity contribution in [3.8, 4) is 0 Å². The first kappa shape index (κ1) is 24.8. The Bertz CT molecular complexity index is 294. The predicted molar refractivity (Wildman–Crippen MR) is 106 cm³/mol. The quantitative estimate of drug-likeness (QED) is 0.269. The highest BCUT2D eigenvalue weighted by atomic mass is 16.7. The van der Waals surface area contributed by atoms with Gasteiger partial charge in [0.05, 0.1) is 5.92 Å². The largest absolute Gasteiger partial charge is 0.353 e. The van der Waals surface area contributed by atoms with Crippen molar-refractivity contribution in [2.75, 3.05) is 39.6 Å². The van der Waals surface area contributed by atoms with Crippen LogP contribution in [0.5, 0.6) is 0 Å². The van der Waals surface area contributed by atoms with Crippen molar-refractivity contribution in [3.63, 3.8) is 0 Å². The Morgan fingerprint density at radius 3 is 1.85 bits per heavy atom. The fourth-order valence-corrected chi connectivity index (χ4v) is 3.36. The molecule has 0 aromatic rings. The average molecular weight is 391 g/mol. The van der Waals surface area contributed by atoms with Crippen molar-refractivity contribution in [2.24, 2.45) is 5.92 Å². The molecular weight excluding hydrogens is 348 g/mol. The zero-order valence-corrected chi connectivity index (χ0v) is 18.0. The molecule has 0 amide bonds. The van der Waals surface area contributed by atoms with E-state index in [9.17, 15) is 0 Å². The van der Waals surface area contributed by atoms with E-state index < -0.39 is 0 Å². The highest BCUT2D eigenvalue weighted by Crippen LogP contribution is 2.25. The number of rotatable bonds is 17. The van der Waals surface area contributed by atoms with E-state index >= 15 is 0 Å². The lowest BCUT2D eigenvalue weighted by Gasteiger charge is -2.32. The Morgan fingerprint density at radius 1 is 0.778 bits per heavy atom. The zero-order chi connectivity index (χ0) is 19.7. The molecule has 1 aliphatic rings. The van der Waals surface area contributed by atoms with Gasteiger partial charge in [-0.2, -0.15) is 0 Å². The summed E-state index contributed by atoms with van der Waals surface area (Å²) in [5.41, 5.74) is 0. The van der Waals surface area contributed by atoms with Gasteiger partial charge in [-0.25, -0.2) is 0 Å². The van der Waals surface area contributed by atoms with Gasteiger partial charge in [0.2, 0.25) is 0 Å². The third kappa shape index (κ3) is 10.8. The van der Waals surface area contributed by atoms with Gasteiger partial charge in [-0.1, -0.05) is 12.8 Å². The van der Waals surface area contributed by atoms with Gasteiger partial charge in [0.25, 0.3) is 0 Å². The molecular formula is C21H42O6. The Labute approximate surface area is 166 Å². The summed E-state index contributed by atoms with van der Waals surface area (Å²) in [7, 11) is 0. The van der Waals surface area contributed by atoms with Gasteiger partial charge in [-0.3, -0.25) is 0 Å². The molecule has 6 heteroatoms. The van der Waals surface area contributed by atoms with Gasteiger partial charge < -0.3 is 28.4 Å². The molecule has 0 N–H and O–H groups in total. The van der Waals surface area contributed by atoms with E-state index in [1.807, 2.05) is 27.7 Å². The highest BCUT2D eigenvalue weighted by Gasteiger charge is 2.31. The van der Waals surface area contributed by atoms with Crippen LogP contribution >= 0.6 is 0 Å². The molecule has 6 nitrogen and oxygen atoms in total. The van der Waals surface area contributed by atoms with Crippen molar-refractivity contribution in [1.82, 2.24) is 0 Å². The van der Waals surface area contributed by atoms with Crippen molar-refractivity contribution < 1.29 is 28.4 Å². The molecule has 1 heterocycles. The number of ether oxygens (including phenoxy) is 6. The molecule has 1 atom stereocenters. The maximum Gasteiger partial charge on any atom is 0.165 e. The van der Waals surface area contributed by atoms with Crippen LogP contribution in [0, 0.1) is 5.92 Å². The SMILES string of the molecule is CCOC(OCC)C(CCCCCOC1CCCCO1)C(OCC)OCC. The Morgan fingerprint density at radius 2 is 1.37 bits per heavy atom. The van der Waals surface area contributed by atoms with E-state index in [0.29, 0.717) is 26.4 Å². The van der Waals surface area contributed by atoms with Crippen LogP contribution in [-0.4, -0.2) is 58.5 Å². The van der Waals surface area contributed by atoms with Crippen LogP contribution in [0.4, 0.5) is 0 Å². The molecule has 1 rings (SSSR count). The van der Waals surface area contributed by atoms with E-state index in [1.165, 1.54) is 6.42 Å². The molecule has 1 unspecified atom stereocenters. The van der Waals surface area contributed by atoms with E-state index in [4.69, 9.17) is 28.4 Å². The lowest BCUT2D eigenvalue weighted by atomic mass is 9.99. The summed E-state index contributed by atoms with van der Waals surface area (Å²) < 4.78 is 34.8. The zero-order valence-electron chi connectivity index (χ0n) is 18.0. The third-order valence-electron chi connectivity index (χ3n) is 4.65. The van der Waals surface area contributed by atoms with E-state index in [0.717, 1.165) is 51.7 Å². The molecule has 0 bridgehead atoms. The maximum atomic E-state index is 5.85. The molecule has 0 aromatic heterocycles. The molecule has 0 saturated carbocycles. The minimum Gasteiger partial charge on any atom is -0.353 e. The number of unbranched alkanes of at least 4 members (excludes halogenated alkanes) is 2. The lowest BCUT2D eigenvalue weighted by Crippen LogP contribution is -2.39. The minimum absolute atomic E-state index is 0.00655. The first-order chi connectivity index (χ1) is 13.3. The molecule has 1 saturated heterocycles. The van der Waals surface area contributed by atoms with Gasteiger partial charge in [0.1, 0.15) is 0 Å². The summed E-state index contributed by atoms with van der Waals surface area (Å²) in [4.78, 5) is 0. The van der Waals surface area contributed by atoms with Crippen LogP contribution in [0.25, 0.3) is 0 Å². The molecule has 0 spiro atoms. The van der Waals surface area contributed by atoms with Crippen molar-refractivity contribution in [1.29, 1.82) is 0 Å². The third-order valence-corrected chi connectivity index (χ3v) is 4.65. The normalized spacial score (nSPS) is 18.1. The monoisotopic (exact) mass is 390 g/mol. The summed E-state index contributed by atoms with van der Waals surface area (Å²) >= 11 is 0. The van der Waals surface area contributed by atoms with Crippen molar-refractivity contribution >= 4 is 0 Å². The fourth-order valence-electron chi connectivity index (χ4n) is 3.36. The van der Waals surface area contributed by atoms with E-state index in [2.05, 4.69) is 0 Å². The summed E-state index contributed by atoms with van der Waals surface area (Å²) in [5.74, 6) is 0.0624. The molecule has 0 radical (unpaired) electrons. The minimum atomic E-state index is -0.296. The summed E-state index contributed by atoms with van der Waals surface area (Å²) in [6.07, 6.45) is 6.94. The van der Waals surface area contributed by atoms with Gasteiger partial charge in [-0.05, 0) is 59.8 Å². The average Bonchev–Trinajstić information content (AvgIpc) is 2.68. The van der Waals surface area contributed by atoms with Crippen LogP contribution in [0.2, 0.25) is 0 Å². The molecule has 1 aliphatic heterocycles. The van der Waals surface area contributed by atoms with Crippen molar-refractivity contribution in [2.45, 2.75) is 91.5 Å². The van der Waals surface area contributed by atoms with Crippen LogP contribution in [0.1, 0.15) is 72.6 Å². The first-order valence-corrected chi connectivity index (χ1v) is 11.0. The topological polar surface area (TPSA) is 55.4 Å². The molecule has 27 heavy (non-hydrogen) atoms. The smallest absolute Gasteiger partial charge is 0.165 e. The maximum absolute atomic E-state index is 5.85. The number of hydrogen-bond donors (Lipinski definition) is 0. The Balaban J connectivity index is 2.41. The van der Waals surface area contributed by atoms with Crippen LogP contribution in [-0.2, 0) is 28.4 Å². The van der Waals surface area contributed by atoms with Crippen molar-refractivity contribution in [3.05, 3.63) is 0 Å². The van der Waals surface area contributed by atoms with Crippen LogP contribution < -0.4 is 0 Å². The van der Waals surface area contributed by atoms with Gasteiger partial charge in [0.15, 0.2) is 18.9 Å². The molecule has 162 valence electrons. The summed E-state index contributed by atoms with van der Waals surface area (Å²) in [6, 6.07) is 0. The lowest BCUT2D eigenvalue weighted by molar-refractivity contribution is -0.248.